The number of carbonyl (C=O) groups excluding carboxylic acids is 2. The highest BCUT2D eigenvalue weighted by Crippen LogP contribution is 2.28. The average molecular weight is 260 g/mol. The van der Waals surface area contributed by atoms with Crippen molar-refractivity contribution in [1.82, 2.24) is 10.2 Å². The second-order valence-electron chi connectivity index (χ2n) is 4.96. The maximum atomic E-state index is 12.3. The van der Waals surface area contributed by atoms with Gasteiger partial charge in [0.15, 0.2) is 0 Å². The van der Waals surface area contributed by atoms with Gasteiger partial charge in [-0.25, -0.2) is 0 Å². The van der Waals surface area contributed by atoms with E-state index in [1.54, 1.807) is 0 Å². The molecule has 0 radical (unpaired) electrons. The lowest BCUT2D eigenvalue weighted by atomic mass is 9.99. The number of nitrogens with zero attached hydrogens (tertiary/aromatic N) is 1. The van der Waals surface area contributed by atoms with E-state index in [2.05, 4.69) is 12.2 Å². The Bertz CT molecular complexity index is 482. The van der Waals surface area contributed by atoms with Crippen molar-refractivity contribution in [1.29, 1.82) is 0 Å². The van der Waals surface area contributed by atoms with E-state index in [-0.39, 0.29) is 11.8 Å². The van der Waals surface area contributed by atoms with Crippen LogP contribution in [0.4, 0.5) is 0 Å². The maximum Gasteiger partial charge on any atom is 0.261 e. The summed E-state index contributed by atoms with van der Waals surface area (Å²) in [5.74, 6) is -0.306. The van der Waals surface area contributed by atoms with Crippen LogP contribution in [-0.4, -0.2) is 36.3 Å². The quantitative estimate of drug-likeness (QED) is 0.650. The van der Waals surface area contributed by atoms with E-state index < -0.39 is 0 Å². The van der Waals surface area contributed by atoms with Crippen molar-refractivity contribution in [2.75, 3.05) is 19.6 Å². The Kier molecular flexibility index (Phi) is 4.00. The Hall–Kier alpha value is -1.68. The molecule has 1 aliphatic heterocycles. The van der Waals surface area contributed by atoms with Gasteiger partial charge < -0.3 is 5.32 Å². The molecule has 0 atom stereocenters. The first-order valence-corrected chi connectivity index (χ1v) is 6.75. The SMILES string of the molecule is CCCNCCN1C(=O)c2c(C)ccc(C)c2C1=O. The van der Waals surface area contributed by atoms with Crippen molar-refractivity contribution in [3.8, 4) is 0 Å². The van der Waals surface area contributed by atoms with Crippen LogP contribution in [0, 0.1) is 13.8 Å². The molecule has 0 spiro atoms. The monoisotopic (exact) mass is 260 g/mol. The molecule has 0 aliphatic carbocycles. The van der Waals surface area contributed by atoms with E-state index in [1.165, 1.54) is 4.90 Å². The molecule has 1 aromatic rings. The van der Waals surface area contributed by atoms with Crippen LogP contribution in [0.15, 0.2) is 12.1 Å². The summed E-state index contributed by atoms with van der Waals surface area (Å²) in [5, 5.41) is 3.21. The fraction of sp³-hybridized carbons (Fsp3) is 0.467. The van der Waals surface area contributed by atoms with Crippen molar-refractivity contribution in [3.63, 3.8) is 0 Å². The molecule has 0 fully saturated rings. The Morgan fingerprint density at radius 2 is 1.53 bits per heavy atom. The zero-order valence-electron chi connectivity index (χ0n) is 11.7. The zero-order chi connectivity index (χ0) is 14.0. The second-order valence-corrected chi connectivity index (χ2v) is 4.96. The second kappa shape index (κ2) is 5.53. The van der Waals surface area contributed by atoms with Gasteiger partial charge in [0.2, 0.25) is 0 Å². The number of benzene rings is 1. The van der Waals surface area contributed by atoms with Gasteiger partial charge in [0, 0.05) is 13.1 Å². The molecule has 2 rings (SSSR count). The molecule has 1 aromatic carbocycles. The highest BCUT2D eigenvalue weighted by atomic mass is 16.2. The first-order valence-electron chi connectivity index (χ1n) is 6.75. The Balaban J connectivity index is 2.20. The minimum absolute atomic E-state index is 0.153. The lowest BCUT2D eigenvalue weighted by Crippen LogP contribution is -2.36. The number of fused-ring (bicyclic) bond motifs is 1. The Morgan fingerprint density at radius 3 is 2.00 bits per heavy atom. The van der Waals surface area contributed by atoms with Crippen molar-refractivity contribution < 1.29 is 9.59 Å². The van der Waals surface area contributed by atoms with Gasteiger partial charge in [-0.3, -0.25) is 14.5 Å². The molecule has 1 N–H and O–H groups in total. The summed E-state index contributed by atoms with van der Waals surface area (Å²) in [5.41, 5.74) is 2.92. The van der Waals surface area contributed by atoms with Crippen molar-refractivity contribution in [2.45, 2.75) is 27.2 Å². The summed E-state index contributed by atoms with van der Waals surface area (Å²) in [6.45, 7) is 7.83. The predicted octanol–water partition coefficient (Wildman–Crippen LogP) is 1.90. The van der Waals surface area contributed by atoms with E-state index in [0.29, 0.717) is 24.2 Å². The molecular weight excluding hydrogens is 240 g/mol. The molecular formula is C15H20N2O2. The number of carbonyl (C=O) groups is 2. The molecule has 19 heavy (non-hydrogen) atoms. The van der Waals surface area contributed by atoms with Gasteiger partial charge >= 0.3 is 0 Å². The molecule has 4 nitrogen and oxygen atoms in total. The van der Waals surface area contributed by atoms with Crippen LogP contribution in [0.2, 0.25) is 0 Å². The predicted molar refractivity (Wildman–Crippen MR) is 74.4 cm³/mol. The standard InChI is InChI=1S/C15H20N2O2/c1-4-7-16-8-9-17-14(18)12-10(2)5-6-11(3)13(12)15(17)19/h5-6,16H,4,7-9H2,1-3H3. The van der Waals surface area contributed by atoms with Gasteiger partial charge in [-0.2, -0.15) is 0 Å². The summed E-state index contributed by atoms with van der Waals surface area (Å²) < 4.78 is 0. The molecule has 4 heteroatoms. The van der Waals surface area contributed by atoms with Gasteiger partial charge in [-0.05, 0) is 37.9 Å². The molecule has 0 saturated heterocycles. The van der Waals surface area contributed by atoms with E-state index >= 15 is 0 Å². The fourth-order valence-electron chi connectivity index (χ4n) is 2.42. The third kappa shape index (κ3) is 2.40. The molecule has 0 bridgehead atoms. The lowest BCUT2D eigenvalue weighted by Gasteiger charge is -2.14. The number of aryl methyl sites for hydroxylation is 2. The summed E-state index contributed by atoms with van der Waals surface area (Å²) >= 11 is 0. The fourth-order valence-corrected chi connectivity index (χ4v) is 2.42. The number of hydrogen-bond donors (Lipinski definition) is 1. The van der Waals surface area contributed by atoms with Crippen LogP contribution >= 0.6 is 0 Å². The topological polar surface area (TPSA) is 49.4 Å². The largest absolute Gasteiger partial charge is 0.315 e. The van der Waals surface area contributed by atoms with Gasteiger partial charge in [0.25, 0.3) is 11.8 Å². The third-order valence-electron chi connectivity index (χ3n) is 3.48. The van der Waals surface area contributed by atoms with Crippen molar-refractivity contribution in [3.05, 3.63) is 34.4 Å². The van der Waals surface area contributed by atoms with Crippen LogP contribution < -0.4 is 5.32 Å². The van der Waals surface area contributed by atoms with Crippen LogP contribution in [0.1, 0.15) is 45.2 Å². The summed E-state index contributed by atoms with van der Waals surface area (Å²) in [4.78, 5) is 26.0. The normalized spacial score (nSPS) is 14.2. The van der Waals surface area contributed by atoms with E-state index in [1.807, 2.05) is 26.0 Å². The number of imide groups is 1. The summed E-state index contributed by atoms with van der Waals surface area (Å²) in [6, 6.07) is 3.80. The number of hydrogen-bond acceptors (Lipinski definition) is 3. The molecule has 0 aromatic heterocycles. The van der Waals surface area contributed by atoms with Crippen LogP contribution in [0.25, 0.3) is 0 Å². The average Bonchev–Trinajstić information content (AvgIpc) is 2.64. The van der Waals surface area contributed by atoms with E-state index in [4.69, 9.17) is 0 Å². The third-order valence-corrected chi connectivity index (χ3v) is 3.48. The van der Waals surface area contributed by atoms with Crippen molar-refractivity contribution >= 4 is 11.8 Å². The minimum Gasteiger partial charge on any atom is -0.315 e. The number of rotatable bonds is 5. The maximum absolute atomic E-state index is 12.3. The molecule has 0 saturated carbocycles. The van der Waals surface area contributed by atoms with E-state index in [0.717, 1.165) is 24.1 Å². The molecule has 1 aliphatic rings. The van der Waals surface area contributed by atoms with Gasteiger partial charge in [0.1, 0.15) is 0 Å². The Morgan fingerprint density at radius 1 is 1.00 bits per heavy atom. The lowest BCUT2D eigenvalue weighted by molar-refractivity contribution is 0.0655. The zero-order valence-corrected chi connectivity index (χ0v) is 11.7. The molecule has 2 amide bonds. The summed E-state index contributed by atoms with van der Waals surface area (Å²) in [7, 11) is 0. The van der Waals surface area contributed by atoms with Gasteiger partial charge in [-0.1, -0.05) is 19.1 Å². The number of amides is 2. The Labute approximate surface area is 113 Å². The van der Waals surface area contributed by atoms with Crippen LogP contribution in [0.5, 0.6) is 0 Å². The van der Waals surface area contributed by atoms with Gasteiger partial charge in [0.05, 0.1) is 11.1 Å². The summed E-state index contributed by atoms with van der Waals surface area (Å²) in [6.07, 6.45) is 1.04. The highest BCUT2D eigenvalue weighted by molar-refractivity contribution is 6.22. The molecule has 1 heterocycles. The van der Waals surface area contributed by atoms with Crippen molar-refractivity contribution in [2.24, 2.45) is 0 Å². The number of nitrogens with one attached hydrogen (secondary N) is 1. The smallest absolute Gasteiger partial charge is 0.261 e. The van der Waals surface area contributed by atoms with E-state index in [9.17, 15) is 9.59 Å². The van der Waals surface area contributed by atoms with Crippen LogP contribution in [0.3, 0.4) is 0 Å². The van der Waals surface area contributed by atoms with Crippen LogP contribution in [-0.2, 0) is 0 Å². The highest BCUT2D eigenvalue weighted by Gasteiger charge is 2.37. The first-order chi connectivity index (χ1) is 9.07. The molecule has 102 valence electrons. The molecule has 0 unspecified atom stereocenters. The first kappa shape index (κ1) is 13.7. The minimum atomic E-state index is -0.153. The van der Waals surface area contributed by atoms with Gasteiger partial charge in [-0.15, -0.1) is 0 Å².